The molecular formula is C22H36N4O. The number of anilines is 1. The summed E-state index contributed by atoms with van der Waals surface area (Å²) < 4.78 is 0. The third kappa shape index (κ3) is 4.30. The summed E-state index contributed by atoms with van der Waals surface area (Å²) in [5.41, 5.74) is 8.58. The summed E-state index contributed by atoms with van der Waals surface area (Å²) in [5.74, 6) is 0.428. The second-order valence-electron chi connectivity index (χ2n) is 8.75. The van der Waals surface area contributed by atoms with Crippen LogP contribution < -0.4 is 10.6 Å². The fourth-order valence-electron chi connectivity index (χ4n) is 4.44. The maximum Gasteiger partial charge on any atom is 0.250 e. The van der Waals surface area contributed by atoms with Crippen molar-refractivity contribution in [2.24, 2.45) is 11.7 Å². The summed E-state index contributed by atoms with van der Waals surface area (Å²) in [7, 11) is 0. The Morgan fingerprint density at radius 2 is 1.74 bits per heavy atom. The van der Waals surface area contributed by atoms with Gasteiger partial charge in [-0.05, 0) is 56.8 Å². The zero-order chi connectivity index (χ0) is 19.6. The predicted molar refractivity (Wildman–Crippen MR) is 112 cm³/mol. The van der Waals surface area contributed by atoms with Gasteiger partial charge < -0.3 is 15.5 Å². The topological polar surface area (TPSA) is 52.8 Å². The summed E-state index contributed by atoms with van der Waals surface area (Å²) in [5, 5.41) is 0. The number of carbonyl (C=O) groups is 1. The van der Waals surface area contributed by atoms with Gasteiger partial charge in [-0.25, -0.2) is 0 Å². The Kier molecular flexibility index (Phi) is 6.11. The minimum atomic E-state index is -0.329. The summed E-state index contributed by atoms with van der Waals surface area (Å²) >= 11 is 0. The third-order valence-corrected chi connectivity index (χ3v) is 6.70. The first-order chi connectivity index (χ1) is 12.8. The number of primary amides is 1. The van der Waals surface area contributed by atoms with Crippen LogP contribution in [0.1, 0.15) is 56.5 Å². The molecule has 1 aromatic rings. The Hall–Kier alpha value is -1.59. The molecule has 2 saturated heterocycles. The molecule has 0 atom stereocenters. The zero-order valence-electron chi connectivity index (χ0n) is 17.5. The molecule has 0 bridgehead atoms. The second-order valence-corrected chi connectivity index (χ2v) is 8.75. The zero-order valence-corrected chi connectivity index (χ0v) is 17.5. The number of piperazine rings is 1. The van der Waals surface area contributed by atoms with E-state index in [2.05, 4.69) is 54.5 Å². The van der Waals surface area contributed by atoms with Crippen LogP contribution in [-0.4, -0.2) is 61.5 Å². The van der Waals surface area contributed by atoms with Crippen molar-refractivity contribution in [3.63, 3.8) is 0 Å². The lowest BCUT2D eigenvalue weighted by atomic mass is 9.89. The summed E-state index contributed by atoms with van der Waals surface area (Å²) in [4.78, 5) is 19.5. The molecule has 0 aliphatic carbocycles. The van der Waals surface area contributed by atoms with Gasteiger partial charge in [-0.15, -0.1) is 0 Å². The highest BCUT2D eigenvalue weighted by molar-refractivity contribution is 5.98. The van der Waals surface area contributed by atoms with Gasteiger partial charge >= 0.3 is 0 Å². The van der Waals surface area contributed by atoms with Crippen LogP contribution in [0.5, 0.6) is 0 Å². The monoisotopic (exact) mass is 372 g/mol. The molecule has 3 rings (SSSR count). The van der Waals surface area contributed by atoms with Crippen LogP contribution >= 0.6 is 0 Å². The van der Waals surface area contributed by atoms with Gasteiger partial charge in [-0.1, -0.05) is 19.9 Å². The molecule has 1 amide bonds. The first-order valence-corrected chi connectivity index (χ1v) is 10.5. The molecule has 5 heteroatoms. The highest BCUT2D eigenvalue weighted by Gasteiger charge is 2.32. The molecule has 27 heavy (non-hydrogen) atoms. The van der Waals surface area contributed by atoms with E-state index in [1.807, 2.05) is 6.07 Å². The number of nitrogens with zero attached hydrogens (tertiary/aromatic N) is 3. The van der Waals surface area contributed by atoms with Crippen molar-refractivity contribution in [1.82, 2.24) is 9.80 Å². The summed E-state index contributed by atoms with van der Waals surface area (Å²) in [6, 6.07) is 6.26. The molecule has 1 aromatic carbocycles. The molecule has 0 unspecified atom stereocenters. The number of carbonyl (C=O) groups excluding carboxylic acids is 1. The van der Waals surface area contributed by atoms with Crippen molar-refractivity contribution in [3.8, 4) is 0 Å². The number of benzene rings is 1. The minimum absolute atomic E-state index is 0.0617. The molecule has 0 aromatic heterocycles. The molecule has 5 nitrogen and oxygen atoms in total. The van der Waals surface area contributed by atoms with E-state index in [0.717, 1.165) is 57.4 Å². The number of hydrogen-bond donors (Lipinski definition) is 1. The fraction of sp³-hybridized carbons (Fsp3) is 0.682. The number of piperidine rings is 1. The smallest absolute Gasteiger partial charge is 0.250 e. The lowest BCUT2D eigenvalue weighted by Crippen LogP contribution is -2.53. The highest BCUT2D eigenvalue weighted by atomic mass is 16.1. The van der Waals surface area contributed by atoms with E-state index in [1.54, 1.807) is 0 Å². The van der Waals surface area contributed by atoms with Crippen molar-refractivity contribution < 1.29 is 4.79 Å². The first kappa shape index (κ1) is 20.2. The van der Waals surface area contributed by atoms with Gasteiger partial charge in [0.15, 0.2) is 0 Å². The van der Waals surface area contributed by atoms with Crippen molar-refractivity contribution >= 4 is 11.6 Å². The Labute approximate surface area is 164 Å². The molecule has 0 saturated carbocycles. The van der Waals surface area contributed by atoms with Crippen LogP contribution in [0.2, 0.25) is 0 Å². The van der Waals surface area contributed by atoms with Crippen LogP contribution in [0.15, 0.2) is 18.2 Å². The molecule has 2 aliphatic heterocycles. The van der Waals surface area contributed by atoms with Gasteiger partial charge in [0, 0.05) is 50.5 Å². The number of rotatable bonds is 5. The van der Waals surface area contributed by atoms with Crippen LogP contribution in [0.4, 0.5) is 5.69 Å². The van der Waals surface area contributed by atoms with E-state index >= 15 is 0 Å². The predicted octanol–water partition coefficient (Wildman–Crippen LogP) is 2.89. The quantitative estimate of drug-likeness (QED) is 0.863. The molecule has 2 heterocycles. The van der Waals surface area contributed by atoms with Crippen LogP contribution in [0.25, 0.3) is 0 Å². The third-order valence-electron chi connectivity index (χ3n) is 6.70. The summed E-state index contributed by atoms with van der Waals surface area (Å²) in [6.07, 6.45) is 2.34. The first-order valence-electron chi connectivity index (χ1n) is 10.5. The van der Waals surface area contributed by atoms with Crippen molar-refractivity contribution in [2.75, 3.05) is 50.7 Å². The molecule has 0 radical (unpaired) electrons. The van der Waals surface area contributed by atoms with Gasteiger partial charge in [-0.2, -0.15) is 0 Å². The van der Waals surface area contributed by atoms with Crippen LogP contribution in [0, 0.1) is 5.92 Å². The van der Waals surface area contributed by atoms with Gasteiger partial charge in [0.1, 0.15) is 0 Å². The second kappa shape index (κ2) is 8.19. The largest absolute Gasteiger partial charge is 0.371 e. The van der Waals surface area contributed by atoms with E-state index in [0.29, 0.717) is 5.56 Å². The van der Waals surface area contributed by atoms with Crippen molar-refractivity contribution in [2.45, 2.75) is 46.1 Å². The highest BCUT2D eigenvalue weighted by Crippen LogP contribution is 2.34. The van der Waals surface area contributed by atoms with Crippen molar-refractivity contribution in [3.05, 3.63) is 29.3 Å². The summed E-state index contributed by atoms with van der Waals surface area (Å²) in [6.45, 7) is 16.7. The number of likely N-dealkylation sites (N-methyl/N-ethyl adjacent to an activating group) is 1. The lowest BCUT2D eigenvalue weighted by molar-refractivity contribution is 0.0527. The molecule has 2 aliphatic rings. The van der Waals surface area contributed by atoms with E-state index in [1.165, 1.54) is 18.4 Å². The maximum atomic E-state index is 12.0. The Morgan fingerprint density at radius 1 is 1.11 bits per heavy atom. The molecule has 150 valence electrons. The average molecular weight is 373 g/mol. The van der Waals surface area contributed by atoms with E-state index in [9.17, 15) is 4.79 Å². The average Bonchev–Trinajstić information content (AvgIpc) is 2.68. The molecular weight excluding hydrogens is 336 g/mol. The fourth-order valence-corrected chi connectivity index (χ4v) is 4.44. The number of amides is 1. The molecule has 0 spiro atoms. The SMILES string of the molecule is CCN1CCN(C(C)(C)c2ccc(C(N)=O)c(N3CCC(C)CC3)c2)CC1. The Morgan fingerprint density at radius 3 is 2.30 bits per heavy atom. The standard InChI is InChI=1S/C22H36N4O/c1-5-24-12-14-26(15-13-24)22(3,4)18-6-7-19(21(23)27)20(16-18)25-10-8-17(2)9-11-25/h6-7,16-17H,5,8-15H2,1-4H3,(H2,23,27). The van der Waals surface area contributed by atoms with E-state index < -0.39 is 0 Å². The normalized spacial score (nSPS) is 20.8. The van der Waals surface area contributed by atoms with Gasteiger partial charge in [-0.3, -0.25) is 9.69 Å². The number of hydrogen-bond acceptors (Lipinski definition) is 4. The molecule has 2 fully saturated rings. The molecule has 2 N–H and O–H groups in total. The van der Waals surface area contributed by atoms with Crippen LogP contribution in [0.3, 0.4) is 0 Å². The Bertz CT molecular complexity index is 656. The number of nitrogens with two attached hydrogens (primary N) is 1. The van der Waals surface area contributed by atoms with Crippen molar-refractivity contribution in [1.29, 1.82) is 0 Å². The van der Waals surface area contributed by atoms with Gasteiger partial charge in [0.25, 0.3) is 5.91 Å². The maximum absolute atomic E-state index is 12.0. The Balaban J connectivity index is 1.87. The minimum Gasteiger partial charge on any atom is -0.371 e. The van der Waals surface area contributed by atoms with E-state index in [-0.39, 0.29) is 11.4 Å². The van der Waals surface area contributed by atoms with Gasteiger partial charge in [0.2, 0.25) is 0 Å². The van der Waals surface area contributed by atoms with Crippen LogP contribution in [-0.2, 0) is 5.54 Å². The van der Waals surface area contributed by atoms with E-state index in [4.69, 9.17) is 5.73 Å². The lowest BCUT2D eigenvalue weighted by Gasteiger charge is -2.44. The van der Waals surface area contributed by atoms with Gasteiger partial charge in [0.05, 0.1) is 5.56 Å².